The number of likely N-dealkylation sites (N-methyl/N-ethyl adjacent to an activating group) is 1. The summed E-state index contributed by atoms with van der Waals surface area (Å²) in [6.07, 6.45) is 46.7. The van der Waals surface area contributed by atoms with E-state index in [4.69, 9.17) is 9.05 Å². The van der Waals surface area contributed by atoms with Crippen LogP contribution in [-0.4, -0.2) is 68.5 Å². The molecule has 3 unspecified atom stereocenters. The summed E-state index contributed by atoms with van der Waals surface area (Å²) in [5.41, 5.74) is 0. The van der Waals surface area contributed by atoms with Crippen LogP contribution in [0.25, 0.3) is 0 Å². The van der Waals surface area contributed by atoms with Crippen LogP contribution in [0.1, 0.15) is 149 Å². The monoisotopic (exact) mass is 763 g/mol. The van der Waals surface area contributed by atoms with Crippen LogP contribution in [0.2, 0.25) is 0 Å². The second-order valence-electron chi connectivity index (χ2n) is 15.0. The molecule has 0 aliphatic heterocycles. The fourth-order valence-corrected chi connectivity index (χ4v) is 6.08. The maximum Gasteiger partial charge on any atom is 0.268 e. The van der Waals surface area contributed by atoms with E-state index in [0.717, 1.165) is 83.5 Å². The molecule has 0 aromatic carbocycles. The lowest BCUT2D eigenvalue weighted by Gasteiger charge is -2.29. The van der Waals surface area contributed by atoms with Crippen LogP contribution in [0.5, 0.6) is 0 Å². The van der Waals surface area contributed by atoms with E-state index in [-0.39, 0.29) is 19.1 Å². The van der Waals surface area contributed by atoms with Gasteiger partial charge in [-0.2, -0.15) is 0 Å². The highest BCUT2D eigenvalue weighted by Gasteiger charge is 2.23. The van der Waals surface area contributed by atoms with Gasteiger partial charge in [-0.05, 0) is 64.2 Å². The van der Waals surface area contributed by atoms with Crippen molar-refractivity contribution in [2.24, 2.45) is 0 Å². The summed E-state index contributed by atoms with van der Waals surface area (Å²) in [5.74, 6) is -0.217. The normalized spacial score (nSPS) is 15.2. The molecule has 0 spiro atoms. The number of quaternary nitrogens is 1. The highest BCUT2D eigenvalue weighted by Crippen LogP contribution is 2.38. The van der Waals surface area contributed by atoms with Crippen LogP contribution in [0.3, 0.4) is 0 Å². The Balaban J connectivity index is 4.31. The maximum atomic E-state index is 12.8. The first kappa shape index (κ1) is 50.9. The molecule has 3 atom stereocenters. The predicted octanol–water partition coefficient (Wildman–Crippen LogP) is 10.6. The van der Waals surface area contributed by atoms with Gasteiger partial charge in [-0.15, -0.1) is 0 Å². The number of amides is 1. The zero-order chi connectivity index (χ0) is 39.3. The molecular weight excluding hydrogens is 683 g/mol. The first-order valence-corrected chi connectivity index (χ1v) is 22.3. The molecule has 0 radical (unpaired) electrons. The van der Waals surface area contributed by atoms with Gasteiger partial charge in [-0.3, -0.25) is 9.36 Å². The quantitative estimate of drug-likeness (QED) is 0.0285. The lowest BCUT2D eigenvalue weighted by molar-refractivity contribution is -0.870. The molecule has 0 bridgehead atoms. The molecule has 0 fully saturated rings. The van der Waals surface area contributed by atoms with Gasteiger partial charge in [-0.1, -0.05) is 151 Å². The number of phosphoric acid groups is 1. The maximum absolute atomic E-state index is 12.8. The minimum atomic E-state index is -4.58. The van der Waals surface area contributed by atoms with Gasteiger partial charge in [0.2, 0.25) is 5.91 Å². The van der Waals surface area contributed by atoms with Crippen molar-refractivity contribution in [2.45, 2.75) is 161 Å². The molecule has 0 aliphatic carbocycles. The molecule has 8 nitrogen and oxygen atoms in total. The van der Waals surface area contributed by atoms with Gasteiger partial charge < -0.3 is 28.8 Å². The van der Waals surface area contributed by atoms with Gasteiger partial charge in [0.05, 0.1) is 39.9 Å². The van der Waals surface area contributed by atoms with E-state index in [1.54, 1.807) is 6.08 Å². The Morgan fingerprint density at radius 1 is 0.679 bits per heavy atom. The molecule has 1 amide bonds. The molecule has 0 aliphatic rings. The molecule has 0 aromatic rings. The molecule has 0 rings (SSSR count). The number of allylic oxidation sites excluding steroid dienone is 11. The molecule has 0 saturated carbocycles. The van der Waals surface area contributed by atoms with Crippen molar-refractivity contribution in [1.29, 1.82) is 0 Å². The van der Waals surface area contributed by atoms with E-state index in [9.17, 15) is 19.4 Å². The van der Waals surface area contributed by atoms with Crippen LogP contribution in [0.4, 0.5) is 0 Å². The van der Waals surface area contributed by atoms with E-state index >= 15 is 0 Å². The Hall–Kier alpha value is -2.06. The number of hydrogen-bond acceptors (Lipinski definition) is 6. The van der Waals surface area contributed by atoms with E-state index in [0.29, 0.717) is 17.4 Å². The Bertz CT molecular complexity index is 1090. The fraction of sp³-hybridized carbons (Fsp3) is 0.705. The first-order chi connectivity index (χ1) is 25.5. The predicted molar refractivity (Wildman–Crippen MR) is 223 cm³/mol. The number of aliphatic hydroxyl groups excluding tert-OH is 1. The Kier molecular flexibility index (Phi) is 34.2. The van der Waals surface area contributed by atoms with Gasteiger partial charge in [0.25, 0.3) is 7.82 Å². The average molecular weight is 763 g/mol. The number of phosphoric ester groups is 1. The Labute approximate surface area is 325 Å². The van der Waals surface area contributed by atoms with Crippen LogP contribution in [-0.2, 0) is 18.4 Å². The smallest absolute Gasteiger partial charge is 0.268 e. The topological polar surface area (TPSA) is 108 Å². The molecule has 0 heterocycles. The third-order valence-electron chi connectivity index (χ3n) is 8.67. The van der Waals surface area contributed by atoms with Crippen molar-refractivity contribution in [2.75, 3.05) is 40.9 Å². The minimum absolute atomic E-state index is 0.00762. The third-order valence-corrected chi connectivity index (χ3v) is 9.64. The van der Waals surface area contributed by atoms with Crippen molar-refractivity contribution < 1.29 is 32.9 Å². The summed E-state index contributed by atoms with van der Waals surface area (Å²) in [5, 5.41) is 13.6. The lowest BCUT2D eigenvalue weighted by atomic mass is 10.1. The summed E-state index contributed by atoms with van der Waals surface area (Å²) in [4.78, 5) is 25.2. The number of nitrogens with zero attached hydrogens (tertiary/aromatic N) is 1. The van der Waals surface area contributed by atoms with Crippen molar-refractivity contribution in [3.05, 3.63) is 72.9 Å². The zero-order valence-corrected chi connectivity index (χ0v) is 35.3. The van der Waals surface area contributed by atoms with E-state index < -0.39 is 20.0 Å². The highest BCUT2D eigenvalue weighted by molar-refractivity contribution is 7.45. The van der Waals surface area contributed by atoms with Crippen molar-refractivity contribution >= 4 is 13.7 Å². The highest BCUT2D eigenvalue weighted by atomic mass is 31.2. The summed E-state index contributed by atoms with van der Waals surface area (Å²) >= 11 is 0. The standard InChI is InChI=1S/C44H79N2O6P/c1-6-8-10-12-14-16-17-18-19-20-21-22-23-24-25-26-27-28-29-30-32-34-36-38-44(48)45-42(41-52-53(49,50)51-40-39-46(3,4)5)43(47)37-35-33-31-15-13-11-9-7-2/h8,10,14,16,18-19,21-22,24-25,35,37,42-43,47H,6-7,9,11-13,15,17,20,23,26-34,36,38-41H2,1-5H3,(H-,45,48,49,50)/b10-8-,16-14-,19-18-,22-21-,25-24-,37-35+. The number of carbonyl (C=O) groups excluding carboxylic acids is 1. The molecule has 9 heteroatoms. The number of unbranched alkanes of at least 4 members (excludes halogenated alkanes) is 13. The SMILES string of the molecule is CC/C=C\C/C=C\C/C=C\C/C=C\C/C=C\CCCCCCCCCC(=O)NC(COP(=O)([O-])OCC[N+](C)(C)C)C(O)/C=C/CCCCCCCC. The van der Waals surface area contributed by atoms with Crippen LogP contribution < -0.4 is 10.2 Å². The minimum Gasteiger partial charge on any atom is -0.756 e. The molecule has 2 N–H and O–H groups in total. The molecule has 0 aromatic heterocycles. The van der Waals surface area contributed by atoms with Crippen molar-refractivity contribution in [3.63, 3.8) is 0 Å². The lowest BCUT2D eigenvalue weighted by Crippen LogP contribution is -2.45. The van der Waals surface area contributed by atoms with Gasteiger partial charge in [-0.25, -0.2) is 0 Å². The van der Waals surface area contributed by atoms with Crippen LogP contribution in [0.15, 0.2) is 72.9 Å². The molecular formula is C44H79N2O6P. The number of carbonyl (C=O) groups is 1. The zero-order valence-electron chi connectivity index (χ0n) is 34.4. The summed E-state index contributed by atoms with van der Waals surface area (Å²) < 4.78 is 23.1. The van der Waals surface area contributed by atoms with E-state index in [2.05, 4.69) is 79.9 Å². The number of rotatable bonds is 36. The summed E-state index contributed by atoms with van der Waals surface area (Å²) in [6.45, 7) is 4.45. The number of aliphatic hydroxyl groups is 1. The Morgan fingerprint density at radius 2 is 1.15 bits per heavy atom. The first-order valence-electron chi connectivity index (χ1n) is 20.8. The van der Waals surface area contributed by atoms with Gasteiger partial charge in [0.15, 0.2) is 0 Å². The average Bonchev–Trinajstić information content (AvgIpc) is 3.10. The second kappa shape index (κ2) is 35.6. The van der Waals surface area contributed by atoms with Gasteiger partial charge in [0.1, 0.15) is 13.2 Å². The largest absolute Gasteiger partial charge is 0.756 e. The van der Waals surface area contributed by atoms with Gasteiger partial charge >= 0.3 is 0 Å². The second-order valence-corrected chi connectivity index (χ2v) is 16.4. The van der Waals surface area contributed by atoms with Crippen molar-refractivity contribution in [3.8, 4) is 0 Å². The Morgan fingerprint density at radius 3 is 1.68 bits per heavy atom. The van der Waals surface area contributed by atoms with Crippen LogP contribution >= 0.6 is 7.82 Å². The van der Waals surface area contributed by atoms with E-state index in [1.165, 1.54) is 44.9 Å². The summed E-state index contributed by atoms with van der Waals surface area (Å²) in [7, 11) is 1.23. The summed E-state index contributed by atoms with van der Waals surface area (Å²) in [6, 6.07) is -0.893. The molecule has 306 valence electrons. The van der Waals surface area contributed by atoms with Crippen molar-refractivity contribution in [1.82, 2.24) is 5.32 Å². The molecule has 53 heavy (non-hydrogen) atoms. The van der Waals surface area contributed by atoms with E-state index in [1.807, 2.05) is 27.2 Å². The van der Waals surface area contributed by atoms with Crippen LogP contribution in [0, 0.1) is 0 Å². The number of hydrogen-bond donors (Lipinski definition) is 2. The van der Waals surface area contributed by atoms with Gasteiger partial charge in [0, 0.05) is 6.42 Å². The fourth-order valence-electron chi connectivity index (χ4n) is 5.35. The number of nitrogens with one attached hydrogen (secondary N) is 1. The third kappa shape index (κ3) is 38.0. The molecule has 0 saturated heterocycles.